The molecule has 0 aliphatic carbocycles. The van der Waals surface area contributed by atoms with Gasteiger partial charge in [-0.1, -0.05) is 12.1 Å². The third-order valence-electron chi connectivity index (χ3n) is 2.29. The van der Waals surface area contributed by atoms with Gasteiger partial charge in [0.1, 0.15) is 18.5 Å². The van der Waals surface area contributed by atoms with E-state index in [0.717, 1.165) is 17.9 Å². The van der Waals surface area contributed by atoms with Crippen LogP contribution in [0.2, 0.25) is 0 Å². The van der Waals surface area contributed by atoms with Crippen molar-refractivity contribution in [3.8, 4) is 5.75 Å². The van der Waals surface area contributed by atoms with Crippen molar-refractivity contribution in [3.05, 3.63) is 29.8 Å². The zero-order chi connectivity index (χ0) is 12.5. The molecule has 0 aromatic heterocycles. The third-order valence-corrected chi connectivity index (χ3v) is 2.29. The molecule has 0 heterocycles. The molecule has 0 aliphatic rings. The van der Waals surface area contributed by atoms with E-state index in [9.17, 15) is 5.11 Å². The van der Waals surface area contributed by atoms with Crippen LogP contribution in [-0.4, -0.2) is 44.6 Å². The average molecular weight is 239 g/mol. The van der Waals surface area contributed by atoms with E-state index in [1.165, 1.54) is 0 Å². The van der Waals surface area contributed by atoms with Gasteiger partial charge >= 0.3 is 0 Å². The topological polar surface area (TPSA) is 50.7 Å². The summed E-state index contributed by atoms with van der Waals surface area (Å²) in [7, 11) is 1.65. The lowest BCUT2D eigenvalue weighted by molar-refractivity contribution is 0.103. The van der Waals surface area contributed by atoms with Gasteiger partial charge in [0.15, 0.2) is 0 Å². The molecule has 0 spiro atoms. The monoisotopic (exact) mass is 239 g/mol. The largest absolute Gasteiger partial charge is 0.491 e. The smallest absolute Gasteiger partial charge is 0.119 e. The van der Waals surface area contributed by atoms with Crippen LogP contribution in [0.5, 0.6) is 5.75 Å². The summed E-state index contributed by atoms with van der Waals surface area (Å²) in [5.74, 6) is 0.793. The van der Waals surface area contributed by atoms with Gasteiger partial charge in [0.25, 0.3) is 0 Å². The molecular weight excluding hydrogens is 218 g/mol. The Morgan fingerprint density at radius 1 is 1.41 bits per heavy atom. The van der Waals surface area contributed by atoms with Gasteiger partial charge in [-0.2, -0.15) is 0 Å². The fourth-order valence-electron chi connectivity index (χ4n) is 1.40. The average Bonchev–Trinajstić information content (AvgIpc) is 2.32. The Labute approximate surface area is 103 Å². The second-order valence-electron chi connectivity index (χ2n) is 3.98. The first-order chi connectivity index (χ1) is 8.22. The van der Waals surface area contributed by atoms with E-state index >= 15 is 0 Å². The zero-order valence-corrected chi connectivity index (χ0v) is 10.5. The normalized spacial score (nSPS) is 12.4. The number of aryl methyl sites for hydroxylation is 1. The van der Waals surface area contributed by atoms with E-state index in [2.05, 4.69) is 5.32 Å². The zero-order valence-electron chi connectivity index (χ0n) is 10.5. The first-order valence-corrected chi connectivity index (χ1v) is 5.79. The van der Waals surface area contributed by atoms with Gasteiger partial charge in [-0.15, -0.1) is 0 Å². The molecule has 0 saturated heterocycles. The third kappa shape index (κ3) is 6.26. The molecule has 1 atom stereocenters. The number of nitrogens with one attached hydrogen (secondary N) is 1. The van der Waals surface area contributed by atoms with Gasteiger partial charge < -0.3 is 19.9 Å². The molecule has 1 aromatic rings. The van der Waals surface area contributed by atoms with Gasteiger partial charge in [-0.05, 0) is 24.6 Å². The summed E-state index contributed by atoms with van der Waals surface area (Å²) in [6, 6.07) is 7.78. The maximum absolute atomic E-state index is 9.65. The van der Waals surface area contributed by atoms with Gasteiger partial charge in [-0.25, -0.2) is 0 Å². The van der Waals surface area contributed by atoms with Crippen molar-refractivity contribution in [1.82, 2.24) is 5.32 Å². The molecule has 4 heteroatoms. The molecule has 17 heavy (non-hydrogen) atoms. The number of aliphatic hydroxyl groups is 1. The van der Waals surface area contributed by atoms with Crippen molar-refractivity contribution in [2.45, 2.75) is 13.0 Å². The predicted octanol–water partition coefficient (Wildman–Crippen LogP) is 0.971. The van der Waals surface area contributed by atoms with Crippen LogP contribution in [0.3, 0.4) is 0 Å². The molecule has 2 N–H and O–H groups in total. The quantitative estimate of drug-likeness (QED) is 0.664. The number of hydrogen-bond acceptors (Lipinski definition) is 4. The second-order valence-corrected chi connectivity index (χ2v) is 3.98. The fraction of sp³-hybridized carbons (Fsp3) is 0.538. The second kappa shape index (κ2) is 8.06. The maximum Gasteiger partial charge on any atom is 0.119 e. The lowest BCUT2D eigenvalue weighted by Gasteiger charge is -2.13. The van der Waals surface area contributed by atoms with Crippen molar-refractivity contribution >= 4 is 0 Å². The van der Waals surface area contributed by atoms with Crippen molar-refractivity contribution in [3.63, 3.8) is 0 Å². The Balaban J connectivity index is 2.17. The minimum Gasteiger partial charge on any atom is -0.491 e. The highest BCUT2D eigenvalue weighted by atomic mass is 16.5. The Kier molecular flexibility index (Phi) is 6.62. The number of aliphatic hydroxyl groups excluding tert-OH is 1. The summed E-state index contributed by atoms with van der Waals surface area (Å²) in [6.45, 7) is 4.19. The minimum absolute atomic E-state index is 0.295. The summed E-state index contributed by atoms with van der Waals surface area (Å²) in [5.41, 5.74) is 1.15. The van der Waals surface area contributed by atoms with E-state index in [1.54, 1.807) is 7.11 Å². The Morgan fingerprint density at radius 3 is 2.94 bits per heavy atom. The lowest BCUT2D eigenvalue weighted by Crippen LogP contribution is -2.33. The van der Waals surface area contributed by atoms with Crippen LogP contribution in [0.4, 0.5) is 0 Å². The SMILES string of the molecule is COCCNC[C@@H](O)COc1cccc(C)c1. The van der Waals surface area contributed by atoms with Crippen molar-refractivity contribution in [2.75, 3.05) is 33.4 Å². The van der Waals surface area contributed by atoms with Gasteiger partial charge in [0.05, 0.1) is 6.61 Å². The van der Waals surface area contributed by atoms with Gasteiger partial charge in [-0.3, -0.25) is 0 Å². The van der Waals surface area contributed by atoms with Crippen LogP contribution >= 0.6 is 0 Å². The molecule has 1 rings (SSSR count). The first-order valence-electron chi connectivity index (χ1n) is 5.79. The molecular formula is C13H21NO3. The van der Waals surface area contributed by atoms with Crippen LogP contribution in [0.1, 0.15) is 5.56 Å². The molecule has 0 unspecified atom stereocenters. The number of ether oxygens (including phenoxy) is 2. The summed E-state index contributed by atoms with van der Waals surface area (Å²) < 4.78 is 10.4. The summed E-state index contributed by atoms with van der Waals surface area (Å²) in [4.78, 5) is 0. The van der Waals surface area contributed by atoms with E-state index in [4.69, 9.17) is 9.47 Å². The fourth-order valence-corrected chi connectivity index (χ4v) is 1.40. The van der Waals surface area contributed by atoms with Crippen molar-refractivity contribution in [2.24, 2.45) is 0 Å². The molecule has 0 saturated carbocycles. The van der Waals surface area contributed by atoms with Crippen LogP contribution in [0.25, 0.3) is 0 Å². The predicted molar refractivity (Wildman–Crippen MR) is 67.4 cm³/mol. The molecule has 0 bridgehead atoms. The molecule has 0 radical (unpaired) electrons. The van der Waals surface area contributed by atoms with Crippen LogP contribution < -0.4 is 10.1 Å². The van der Waals surface area contributed by atoms with Crippen molar-refractivity contribution < 1.29 is 14.6 Å². The van der Waals surface area contributed by atoms with E-state index < -0.39 is 6.10 Å². The number of rotatable bonds is 8. The highest BCUT2D eigenvalue weighted by Crippen LogP contribution is 2.12. The number of benzene rings is 1. The van der Waals surface area contributed by atoms with Crippen LogP contribution in [0.15, 0.2) is 24.3 Å². The highest BCUT2D eigenvalue weighted by molar-refractivity contribution is 5.27. The van der Waals surface area contributed by atoms with Crippen LogP contribution in [-0.2, 0) is 4.74 Å². The summed E-state index contributed by atoms with van der Waals surface area (Å²) >= 11 is 0. The van der Waals surface area contributed by atoms with E-state index in [0.29, 0.717) is 19.8 Å². The molecule has 96 valence electrons. The molecule has 0 fully saturated rings. The lowest BCUT2D eigenvalue weighted by atomic mass is 10.2. The Hall–Kier alpha value is -1.10. The van der Waals surface area contributed by atoms with Crippen molar-refractivity contribution in [1.29, 1.82) is 0 Å². The Morgan fingerprint density at radius 2 is 2.24 bits per heavy atom. The number of hydrogen-bond donors (Lipinski definition) is 2. The standard InChI is InChI=1S/C13H21NO3/c1-11-4-3-5-13(8-11)17-10-12(15)9-14-6-7-16-2/h3-5,8,12,14-15H,6-7,9-10H2,1-2H3/t12-/m1/s1. The van der Waals surface area contributed by atoms with Gasteiger partial charge in [0, 0.05) is 20.2 Å². The first kappa shape index (κ1) is 14.0. The number of methoxy groups -OCH3 is 1. The van der Waals surface area contributed by atoms with Crippen LogP contribution in [0, 0.1) is 6.92 Å². The highest BCUT2D eigenvalue weighted by Gasteiger charge is 2.04. The molecule has 0 amide bonds. The summed E-state index contributed by atoms with van der Waals surface area (Å²) in [6.07, 6.45) is -0.507. The van der Waals surface area contributed by atoms with E-state index in [-0.39, 0.29) is 0 Å². The van der Waals surface area contributed by atoms with E-state index in [1.807, 2.05) is 31.2 Å². The molecule has 4 nitrogen and oxygen atoms in total. The Bertz CT molecular complexity index is 317. The molecule has 1 aromatic carbocycles. The summed E-state index contributed by atoms with van der Waals surface area (Å²) in [5, 5.41) is 12.7. The van der Waals surface area contributed by atoms with Gasteiger partial charge in [0.2, 0.25) is 0 Å². The minimum atomic E-state index is -0.507. The maximum atomic E-state index is 9.65. The molecule has 0 aliphatic heterocycles.